The normalized spacial score (nSPS) is 15.2. The molecule has 148 valence electrons. The fourth-order valence-corrected chi connectivity index (χ4v) is 3.25. The number of benzene rings is 1. The van der Waals surface area contributed by atoms with E-state index < -0.39 is 12.1 Å². The van der Waals surface area contributed by atoms with Crippen LogP contribution in [0, 0.1) is 6.92 Å². The summed E-state index contributed by atoms with van der Waals surface area (Å²) >= 11 is 6.00. The second-order valence-corrected chi connectivity index (χ2v) is 6.54. The van der Waals surface area contributed by atoms with Gasteiger partial charge in [-0.3, -0.25) is 4.57 Å². The third-order valence-corrected chi connectivity index (χ3v) is 4.54. The maximum atomic E-state index is 12.5. The van der Waals surface area contributed by atoms with Crippen LogP contribution in [0.2, 0.25) is 5.02 Å². The van der Waals surface area contributed by atoms with E-state index in [4.69, 9.17) is 16.3 Å². The molecule has 3 heterocycles. The summed E-state index contributed by atoms with van der Waals surface area (Å²) in [5, 5.41) is -0.168. The third-order valence-electron chi connectivity index (χ3n) is 4.25. The van der Waals surface area contributed by atoms with Crippen LogP contribution in [0.5, 0.6) is 5.75 Å². The first-order chi connectivity index (χ1) is 13.3. The first kappa shape index (κ1) is 18.8. The lowest BCUT2D eigenvalue weighted by Crippen LogP contribution is -2.37. The Bertz CT molecular complexity index is 1020. The van der Waals surface area contributed by atoms with Crippen LogP contribution < -0.4 is 9.64 Å². The van der Waals surface area contributed by atoms with Crippen molar-refractivity contribution >= 4 is 28.7 Å². The van der Waals surface area contributed by atoms with E-state index in [0.717, 1.165) is 0 Å². The van der Waals surface area contributed by atoms with Crippen molar-refractivity contribution in [2.24, 2.45) is 0 Å². The van der Waals surface area contributed by atoms with Crippen molar-refractivity contribution in [3.8, 4) is 11.4 Å². The van der Waals surface area contributed by atoms with Gasteiger partial charge >= 0.3 is 6.36 Å². The SMILES string of the molecule is Cc1nc2cnc(N3CCOCC3)nc2n1-c1ccc(OC(F)(F)F)c(Cl)c1. The lowest BCUT2D eigenvalue weighted by molar-refractivity contribution is -0.274. The van der Waals surface area contributed by atoms with Crippen LogP contribution in [0.4, 0.5) is 19.1 Å². The Morgan fingerprint density at radius 1 is 1.18 bits per heavy atom. The van der Waals surface area contributed by atoms with E-state index in [9.17, 15) is 13.2 Å². The maximum Gasteiger partial charge on any atom is 0.573 e. The lowest BCUT2D eigenvalue weighted by atomic mass is 10.3. The molecule has 0 atom stereocenters. The van der Waals surface area contributed by atoms with Gasteiger partial charge in [-0.2, -0.15) is 4.98 Å². The number of halogens is 4. The van der Waals surface area contributed by atoms with Gasteiger partial charge in [-0.15, -0.1) is 13.2 Å². The molecule has 0 saturated carbocycles. The molecule has 0 bridgehead atoms. The number of anilines is 1. The summed E-state index contributed by atoms with van der Waals surface area (Å²) in [5.74, 6) is 0.674. The second-order valence-electron chi connectivity index (χ2n) is 6.14. The third kappa shape index (κ3) is 3.69. The number of hydrogen-bond acceptors (Lipinski definition) is 6. The standard InChI is InChI=1S/C17H15ClF3N5O2/c1-10-23-13-9-22-16(25-4-6-27-7-5-25)24-15(13)26(10)11-2-3-14(12(18)8-11)28-17(19,20)21/h2-3,8-9H,4-7H2,1H3. The number of aromatic nitrogens is 4. The van der Waals surface area contributed by atoms with Crippen molar-refractivity contribution in [3.05, 3.63) is 35.2 Å². The predicted octanol–water partition coefficient (Wildman–Crippen LogP) is 3.51. The maximum absolute atomic E-state index is 12.5. The minimum absolute atomic E-state index is 0.168. The highest BCUT2D eigenvalue weighted by atomic mass is 35.5. The Morgan fingerprint density at radius 3 is 2.61 bits per heavy atom. The van der Waals surface area contributed by atoms with Crippen molar-refractivity contribution in [3.63, 3.8) is 0 Å². The highest BCUT2D eigenvalue weighted by Gasteiger charge is 2.32. The Labute approximate surface area is 162 Å². The van der Waals surface area contributed by atoms with Gasteiger partial charge in [0, 0.05) is 13.1 Å². The van der Waals surface area contributed by atoms with Crippen LogP contribution >= 0.6 is 11.6 Å². The summed E-state index contributed by atoms with van der Waals surface area (Å²) in [4.78, 5) is 15.4. The molecule has 7 nitrogen and oxygen atoms in total. The molecule has 28 heavy (non-hydrogen) atoms. The van der Waals surface area contributed by atoms with Gasteiger partial charge in [-0.25, -0.2) is 9.97 Å². The van der Waals surface area contributed by atoms with Gasteiger partial charge in [0.2, 0.25) is 5.95 Å². The first-order valence-electron chi connectivity index (χ1n) is 8.42. The number of hydrogen-bond donors (Lipinski definition) is 0. The van der Waals surface area contributed by atoms with Crippen LogP contribution in [0.3, 0.4) is 0 Å². The number of imidazole rings is 1. The van der Waals surface area contributed by atoms with Gasteiger partial charge in [0.15, 0.2) is 5.65 Å². The minimum atomic E-state index is -4.82. The Morgan fingerprint density at radius 2 is 1.93 bits per heavy atom. The van der Waals surface area contributed by atoms with Crippen molar-refractivity contribution < 1.29 is 22.6 Å². The molecular weight excluding hydrogens is 399 g/mol. The molecule has 2 aromatic heterocycles. The second kappa shape index (κ2) is 7.10. The van der Waals surface area contributed by atoms with E-state index in [0.29, 0.717) is 54.9 Å². The Kier molecular flexibility index (Phi) is 4.76. The molecule has 1 aliphatic rings. The van der Waals surface area contributed by atoms with E-state index in [-0.39, 0.29) is 5.02 Å². The average Bonchev–Trinajstić information content (AvgIpc) is 2.98. The molecule has 0 N–H and O–H groups in total. The summed E-state index contributed by atoms with van der Waals surface area (Å²) in [7, 11) is 0. The largest absolute Gasteiger partial charge is 0.573 e. The fourth-order valence-electron chi connectivity index (χ4n) is 3.04. The zero-order valence-electron chi connectivity index (χ0n) is 14.7. The van der Waals surface area contributed by atoms with Gasteiger partial charge in [0.1, 0.15) is 17.1 Å². The van der Waals surface area contributed by atoms with Crippen LogP contribution in [-0.4, -0.2) is 52.2 Å². The van der Waals surface area contributed by atoms with Crippen LogP contribution in [0.25, 0.3) is 16.9 Å². The zero-order chi connectivity index (χ0) is 19.9. The molecule has 11 heteroatoms. The van der Waals surface area contributed by atoms with Crippen LogP contribution in [0.1, 0.15) is 5.82 Å². The smallest absolute Gasteiger partial charge is 0.404 e. The van der Waals surface area contributed by atoms with Crippen molar-refractivity contribution in [1.82, 2.24) is 19.5 Å². The number of ether oxygens (including phenoxy) is 2. The molecule has 3 aromatic rings. The number of nitrogens with zero attached hydrogens (tertiary/aromatic N) is 5. The van der Waals surface area contributed by atoms with E-state index in [1.807, 2.05) is 4.90 Å². The van der Waals surface area contributed by atoms with E-state index in [1.165, 1.54) is 18.2 Å². The Hall–Kier alpha value is -2.59. The summed E-state index contributed by atoms with van der Waals surface area (Å²) < 4.78 is 48.4. The average molecular weight is 414 g/mol. The van der Waals surface area contributed by atoms with Crippen molar-refractivity contribution in [2.45, 2.75) is 13.3 Å². The van der Waals surface area contributed by atoms with E-state index >= 15 is 0 Å². The van der Waals surface area contributed by atoms with Crippen molar-refractivity contribution in [1.29, 1.82) is 0 Å². The van der Waals surface area contributed by atoms with Crippen LogP contribution in [0.15, 0.2) is 24.4 Å². The van der Waals surface area contributed by atoms with Crippen LogP contribution in [-0.2, 0) is 4.74 Å². The highest BCUT2D eigenvalue weighted by Crippen LogP contribution is 2.33. The summed E-state index contributed by atoms with van der Waals surface area (Å²) in [5.41, 5.74) is 1.63. The molecule has 0 spiro atoms. The number of aryl methyl sites for hydroxylation is 1. The molecule has 4 rings (SSSR count). The summed E-state index contributed by atoms with van der Waals surface area (Å²) in [6.45, 7) is 4.30. The minimum Gasteiger partial charge on any atom is -0.404 e. The van der Waals surface area contributed by atoms with Gasteiger partial charge in [-0.05, 0) is 25.1 Å². The number of fused-ring (bicyclic) bond motifs is 1. The molecule has 0 aliphatic carbocycles. The van der Waals surface area contributed by atoms with Gasteiger partial charge < -0.3 is 14.4 Å². The van der Waals surface area contributed by atoms with E-state index in [1.54, 1.807) is 17.7 Å². The molecule has 0 radical (unpaired) electrons. The molecule has 1 aliphatic heterocycles. The molecule has 1 fully saturated rings. The van der Waals surface area contributed by atoms with Gasteiger partial charge in [-0.1, -0.05) is 11.6 Å². The first-order valence-corrected chi connectivity index (χ1v) is 8.80. The predicted molar refractivity (Wildman–Crippen MR) is 96.1 cm³/mol. The van der Waals surface area contributed by atoms with Gasteiger partial charge in [0.25, 0.3) is 0 Å². The molecule has 1 saturated heterocycles. The topological polar surface area (TPSA) is 65.3 Å². The lowest BCUT2D eigenvalue weighted by Gasteiger charge is -2.26. The molecule has 1 aromatic carbocycles. The van der Waals surface area contributed by atoms with Gasteiger partial charge in [0.05, 0.1) is 30.1 Å². The molecule has 0 amide bonds. The Balaban J connectivity index is 1.75. The zero-order valence-corrected chi connectivity index (χ0v) is 15.5. The number of alkyl halides is 3. The quantitative estimate of drug-likeness (QED) is 0.654. The highest BCUT2D eigenvalue weighted by molar-refractivity contribution is 6.32. The summed E-state index contributed by atoms with van der Waals surface area (Å²) in [6.07, 6.45) is -3.19. The molecular formula is C17H15ClF3N5O2. The number of rotatable bonds is 3. The number of morpholine rings is 1. The molecule has 0 unspecified atom stereocenters. The summed E-state index contributed by atoms with van der Waals surface area (Å²) in [6, 6.07) is 4.02. The monoisotopic (exact) mass is 413 g/mol. The fraction of sp³-hybridized carbons (Fsp3) is 0.353. The van der Waals surface area contributed by atoms with Crippen molar-refractivity contribution in [2.75, 3.05) is 31.2 Å². The van der Waals surface area contributed by atoms with E-state index in [2.05, 4.69) is 19.7 Å².